The summed E-state index contributed by atoms with van der Waals surface area (Å²) in [6.45, 7) is 4.17. The molecule has 2 aliphatic heterocycles. The zero-order valence-corrected chi connectivity index (χ0v) is 10.3. The molecule has 0 amide bonds. The van der Waals surface area contributed by atoms with E-state index in [4.69, 9.17) is 9.47 Å². The third-order valence-electron chi connectivity index (χ3n) is 3.55. The van der Waals surface area contributed by atoms with Crippen LogP contribution in [0.4, 0.5) is 0 Å². The summed E-state index contributed by atoms with van der Waals surface area (Å²) in [7, 11) is 0. The average Bonchev–Trinajstić information content (AvgIpc) is 2.90. The number of hydrogen-bond acceptors (Lipinski definition) is 5. The number of ether oxygens (including phenoxy) is 2. The zero-order chi connectivity index (χ0) is 12.4. The monoisotopic (exact) mass is 250 g/mol. The largest absolute Gasteiger partial charge is 0.454 e. The molecule has 1 atom stereocenters. The SMILES string of the molecule is OC[C@H](c1cccc2c1OCO2)N1CCNCC1. The van der Waals surface area contributed by atoms with E-state index in [2.05, 4.69) is 10.2 Å². The van der Waals surface area contributed by atoms with Gasteiger partial charge in [-0.25, -0.2) is 0 Å². The van der Waals surface area contributed by atoms with Crippen molar-refractivity contribution in [3.05, 3.63) is 23.8 Å². The first-order valence-corrected chi connectivity index (χ1v) is 6.34. The molecule has 1 fully saturated rings. The number of aliphatic hydroxyl groups excluding tert-OH is 1. The van der Waals surface area contributed by atoms with Crippen LogP contribution in [0.15, 0.2) is 18.2 Å². The van der Waals surface area contributed by atoms with E-state index < -0.39 is 0 Å². The molecule has 0 unspecified atom stereocenters. The first-order chi connectivity index (χ1) is 8.90. The van der Waals surface area contributed by atoms with Gasteiger partial charge in [0.1, 0.15) is 0 Å². The van der Waals surface area contributed by atoms with Gasteiger partial charge in [-0.1, -0.05) is 12.1 Å². The van der Waals surface area contributed by atoms with E-state index in [0.717, 1.165) is 43.2 Å². The van der Waals surface area contributed by atoms with Gasteiger partial charge < -0.3 is 19.9 Å². The third kappa shape index (κ3) is 2.05. The summed E-state index contributed by atoms with van der Waals surface area (Å²) < 4.78 is 10.9. The Morgan fingerprint density at radius 2 is 2.11 bits per heavy atom. The van der Waals surface area contributed by atoms with E-state index >= 15 is 0 Å². The molecular weight excluding hydrogens is 232 g/mol. The Hall–Kier alpha value is -1.30. The van der Waals surface area contributed by atoms with Crippen LogP contribution < -0.4 is 14.8 Å². The topological polar surface area (TPSA) is 54.0 Å². The number of benzene rings is 1. The van der Waals surface area contributed by atoms with Gasteiger partial charge in [0, 0.05) is 31.7 Å². The van der Waals surface area contributed by atoms with Gasteiger partial charge in [-0.05, 0) is 6.07 Å². The molecule has 18 heavy (non-hydrogen) atoms. The molecule has 0 spiro atoms. The van der Waals surface area contributed by atoms with Gasteiger partial charge in [-0.3, -0.25) is 4.90 Å². The van der Waals surface area contributed by atoms with Crippen molar-refractivity contribution in [2.45, 2.75) is 6.04 Å². The molecule has 98 valence electrons. The van der Waals surface area contributed by atoms with Crippen molar-refractivity contribution in [2.75, 3.05) is 39.6 Å². The van der Waals surface area contributed by atoms with Crippen molar-refractivity contribution < 1.29 is 14.6 Å². The van der Waals surface area contributed by atoms with Crippen molar-refractivity contribution >= 4 is 0 Å². The molecule has 3 rings (SSSR count). The molecule has 1 saturated heterocycles. The number of nitrogens with zero attached hydrogens (tertiary/aromatic N) is 1. The summed E-state index contributed by atoms with van der Waals surface area (Å²) in [6, 6.07) is 5.85. The van der Waals surface area contributed by atoms with Gasteiger partial charge in [0.05, 0.1) is 12.6 Å². The normalized spacial score (nSPS) is 20.9. The molecule has 1 aromatic carbocycles. The first-order valence-electron chi connectivity index (χ1n) is 6.34. The number of para-hydroxylation sites is 1. The maximum absolute atomic E-state index is 9.70. The van der Waals surface area contributed by atoms with Crippen LogP contribution in [-0.2, 0) is 0 Å². The van der Waals surface area contributed by atoms with Crippen LogP contribution >= 0.6 is 0 Å². The second-order valence-corrected chi connectivity index (χ2v) is 4.57. The van der Waals surface area contributed by atoms with E-state index in [-0.39, 0.29) is 19.4 Å². The lowest BCUT2D eigenvalue weighted by atomic mass is 10.0. The van der Waals surface area contributed by atoms with Crippen molar-refractivity contribution in [3.63, 3.8) is 0 Å². The highest BCUT2D eigenvalue weighted by Gasteiger charge is 2.27. The zero-order valence-electron chi connectivity index (χ0n) is 10.3. The van der Waals surface area contributed by atoms with Crippen LogP contribution in [0, 0.1) is 0 Å². The Kier molecular flexibility index (Phi) is 3.36. The van der Waals surface area contributed by atoms with Gasteiger partial charge in [-0.15, -0.1) is 0 Å². The summed E-state index contributed by atoms with van der Waals surface area (Å²) in [5.41, 5.74) is 1.02. The Labute approximate surface area is 106 Å². The number of rotatable bonds is 3. The maximum Gasteiger partial charge on any atom is 0.231 e. The number of fused-ring (bicyclic) bond motifs is 1. The fraction of sp³-hybridized carbons (Fsp3) is 0.538. The molecule has 2 N–H and O–H groups in total. The molecule has 0 radical (unpaired) electrons. The van der Waals surface area contributed by atoms with Gasteiger partial charge >= 0.3 is 0 Å². The predicted octanol–water partition coefficient (Wildman–Crippen LogP) is 0.354. The number of nitrogens with one attached hydrogen (secondary N) is 1. The lowest BCUT2D eigenvalue weighted by Crippen LogP contribution is -2.46. The first kappa shape index (κ1) is 11.8. The highest BCUT2D eigenvalue weighted by molar-refractivity contribution is 5.49. The second kappa shape index (κ2) is 5.14. The van der Waals surface area contributed by atoms with Crippen LogP contribution in [0.3, 0.4) is 0 Å². The molecule has 0 bridgehead atoms. The van der Waals surface area contributed by atoms with Crippen molar-refractivity contribution in [3.8, 4) is 11.5 Å². The molecule has 2 heterocycles. The van der Waals surface area contributed by atoms with Gasteiger partial charge in [-0.2, -0.15) is 0 Å². The number of aliphatic hydroxyl groups is 1. The molecule has 1 aromatic rings. The van der Waals surface area contributed by atoms with E-state index in [1.165, 1.54) is 0 Å². The minimum atomic E-state index is -0.0104. The van der Waals surface area contributed by atoms with Gasteiger partial charge in [0.25, 0.3) is 0 Å². The smallest absolute Gasteiger partial charge is 0.231 e. The lowest BCUT2D eigenvalue weighted by Gasteiger charge is -2.34. The van der Waals surface area contributed by atoms with E-state index in [0.29, 0.717) is 0 Å². The fourth-order valence-corrected chi connectivity index (χ4v) is 2.62. The Morgan fingerprint density at radius 1 is 1.28 bits per heavy atom. The summed E-state index contributed by atoms with van der Waals surface area (Å²) in [6.07, 6.45) is 0. The van der Waals surface area contributed by atoms with Crippen LogP contribution in [-0.4, -0.2) is 49.6 Å². The molecule has 0 aliphatic carbocycles. The highest BCUT2D eigenvalue weighted by Crippen LogP contribution is 2.39. The maximum atomic E-state index is 9.70. The summed E-state index contributed by atoms with van der Waals surface area (Å²) in [4.78, 5) is 2.29. The van der Waals surface area contributed by atoms with Gasteiger partial charge in [0.15, 0.2) is 11.5 Å². The Bertz CT molecular complexity index is 419. The molecule has 5 heteroatoms. The van der Waals surface area contributed by atoms with Gasteiger partial charge in [0.2, 0.25) is 6.79 Å². The molecular formula is C13H18N2O3. The van der Waals surface area contributed by atoms with Crippen molar-refractivity contribution in [1.29, 1.82) is 0 Å². The van der Waals surface area contributed by atoms with E-state index in [1.807, 2.05) is 18.2 Å². The van der Waals surface area contributed by atoms with Crippen molar-refractivity contribution in [2.24, 2.45) is 0 Å². The standard InChI is InChI=1S/C13H18N2O3/c16-8-11(15-6-4-14-5-7-15)10-2-1-3-12-13(10)18-9-17-12/h1-3,11,14,16H,4-9H2/t11-/m1/s1. The van der Waals surface area contributed by atoms with E-state index in [1.54, 1.807) is 0 Å². The predicted molar refractivity (Wildman–Crippen MR) is 66.8 cm³/mol. The Balaban J connectivity index is 1.89. The summed E-state index contributed by atoms with van der Waals surface area (Å²) in [5.74, 6) is 1.57. The highest BCUT2D eigenvalue weighted by atomic mass is 16.7. The van der Waals surface area contributed by atoms with Crippen LogP contribution in [0.1, 0.15) is 11.6 Å². The molecule has 2 aliphatic rings. The van der Waals surface area contributed by atoms with Crippen LogP contribution in [0.25, 0.3) is 0 Å². The molecule has 0 aromatic heterocycles. The van der Waals surface area contributed by atoms with Crippen LogP contribution in [0.5, 0.6) is 11.5 Å². The Morgan fingerprint density at radius 3 is 2.89 bits per heavy atom. The summed E-state index contributed by atoms with van der Waals surface area (Å²) in [5, 5.41) is 13.0. The minimum absolute atomic E-state index is 0.0104. The van der Waals surface area contributed by atoms with Crippen molar-refractivity contribution in [1.82, 2.24) is 10.2 Å². The third-order valence-corrected chi connectivity index (χ3v) is 3.55. The lowest BCUT2D eigenvalue weighted by molar-refractivity contribution is 0.107. The quantitative estimate of drug-likeness (QED) is 0.811. The fourth-order valence-electron chi connectivity index (χ4n) is 2.62. The minimum Gasteiger partial charge on any atom is -0.454 e. The summed E-state index contributed by atoms with van der Waals surface area (Å²) >= 11 is 0. The number of piperazine rings is 1. The molecule has 0 saturated carbocycles. The average molecular weight is 250 g/mol. The second-order valence-electron chi connectivity index (χ2n) is 4.57. The van der Waals surface area contributed by atoms with E-state index in [9.17, 15) is 5.11 Å². The van der Waals surface area contributed by atoms with Crippen LogP contribution in [0.2, 0.25) is 0 Å². The molecule has 5 nitrogen and oxygen atoms in total. The number of hydrogen-bond donors (Lipinski definition) is 2.